The van der Waals surface area contributed by atoms with Gasteiger partial charge in [-0.2, -0.15) is 5.10 Å². The lowest BCUT2D eigenvalue weighted by Gasteiger charge is -2.28. The number of hydrogen-bond donors (Lipinski definition) is 1. The van der Waals surface area contributed by atoms with Gasteiger partial charge in [0.1, 0.15) is 0 Å². The highest BCUT2D eigenvalue weighted by atomic mass is 79.9. The Balaban J connectivity index is 1.75. The van der Waals surface area contributed by atoms with Gasteiger partial charge in [-0.05, 0) is 66.3 Å². The van der Waals surface area contributed by atoms with Gasteiger partial charge in [0.15, 0.2) is 0 Å². The average molecular weight is 340 g/mol. The highest BCUT2D eigenvalue weighted by Gasteiger charge is 2.42. The molecule has 112 valence electrons. The largest absolute Gasteiger partial charge is 0.327 e. The van der Waals surface area contributed by atoms with Gasteiger partial charge in [0.05, 0.1) is 15.9 Å². The van der Waals surface area contributed by atoms with E-state index in [1.165, 1.54) is 41.5 Å². The quantitative estimate of drug-likeness (QED) is 0.891. The van der Waals surface area contributed by atoms with Crippen LogP contribution in [0.5, 0.6) is 0 Å². The molecule has 0 aromatic carbocycles. The Labute approximate surface area is 130 Å². The van der Waals surface area contributed by atoms with Crippen molar-refractivity contribution in [3.05, 3.63) is 15.9 Å². The minimum absolute atomic E-state index is 0.299. The molecule has 0 aliphatic heterocycles. The fraction of sp³-hybridized carbons (Fsp3) is 0.812. The van der Waals surface area contributed by atoms with Crippen molar-refractivity contribution in [2.24, 2.45) is 23.5 Å². The second-order valence-corrected chi connectivity index (χ2v) is 7.38. The van der Waals surface area contributed by atoms with Crippen molar-refractivity contribution in [2.45, 2.75) is 65.0 Å². The van der Waals surface area contributed by atoms with Crippen molar-refractivity contribution < 1.29 is 0 Å². The summed E-state index contributed by atoms with van der Waals surface area (Å²) in [7, 11) is 0. The molecule has 1 heterocycles. The average Bonchev–Trinajstić information content (AvgIpc) is 3.14. The molecule has 0 amide bonds. The molecule has 4 unspecified atom stereocenters. The predicted molar refractivity (Wildman–Crippen MR) is 85.6 cm³/mol. The third kappa shape index (κ3) is 2.45. The van der Waals surface area contributed by atoms with Gasteiger partial charge >= 0.3 is 0 Å². The Bertz CT molecular complexity index is 482. The highest BCUT2D eigenvalue weighted by Crippen LogP contribution is 2.49. The molecule has 3 nitrogen and oxygen atoms in total. The van der Waals surface area contributed by atoms with Crippen LogP contribution >= 0.6 is 15.9 Å². The van der Waals surface area contributed by atoms with E-state index < -0.39 is 0 Å². The van der Waals surface area contributed by atoms with Gasteiger partial charge < -0.3 is 5.73 Å². The second kappa shape index (κ2) is 5.80. The van der Waals surface area contributed by atoms with Gasteiger partial charge in [0, 0.05) is 19.0 Å². The molecule has 0 spiro atoms. The molecule has 2 aliphatic rings. The van der Waals surface area contributed by atoms with E-state index in [-0.39, 0.29) is 0 Å². The fourth-order valence-electron chi connectivity index (χ4n) is 4.41. The molecule has 2 saturated carbocycles. The molecule has 20 heavy (non-hydrogen) atoms. The second-order valence-electron chi connectivity index (χ2n) is 6.58. The summed E-state index contributed by atoms with van der Waals surface area (Å²) in [4.78, 5) is 0. The number of nitrogens with two attached hydrogens (primary N) is 1. The van der Waals surface area contributed by atoms with Gasteiger partial charge in [0.25, 0.3) is 0 Å². The van der Waals surface area contributed by atoms with Crippen LogP contribution in [0, 0.1) is 17.8 Å². The molecule has 0 saturated heterocycles. The summed E-state index contributed by atoms with van der Waals surface area (Å²) in [6, 6.07) is 0.299. The van der Waals surface area contributed by atoms with Crippen LogP contribution in [-0.2, 0) is 19.4 Å². The van der Waals surface area contributed by atoms with Crippen LogP contribution in [0.15, 0.2) is 4.47 Å². The maximum Gasteiger partial charge on any atom is 0.0766 e. The van der Waals surface area contributed by atoms with Crippen LogP contribution in [0.4, 0.5) is 0 Å². The molecule has 2 aliphatic carbocycles. The first-order valence-electron chi connectivity index (χ1n) is 8.13. The monoisotopic (exact) mass is 339 g/mol. The summed E-state index contributed by atoms with van der Waals surface area (Å²) in [5.41, 5.74) is 9.05. The number of fused-ring (bicyclic) bond motifs is 2. The van der Waals surface area contributed by atoms with Crippen molar-refractivity contribution in [2.75, 3.05) is 0 Å². The van der Waals surface area contributed by atoms with E-state index in [1.807, 2.05) is 0 Å². The molecule has 2 bridgehead atoms. The summed E-state index contributed by atoms with van der Waals surface area (Å²) >= 11 is 3.74. The van der Waals surface area contributed by atoms with Crippen molar-refractivity contribution in [3.63, 3.8) is 0 Å². The van der Waals surface area contributed by atoms with E-state index in [4.69, 9.17) is 5.73 Å². The lowest BCUT2D eigenvalue weighted by molar-refractivity contribution is 0.277. The summed E-state index contributed by atoms with van der Waals surface area (Å²) < 4.78 is 3.33. The highest BCUT2D eigenvalue weighted by molar-refractivity contribution is 9.10. The lowest BCUT2D eigenvalue weighted by Crippen LogP contribution is -2.36. The Kier molecular flexibility index (Phi) is 4.23. The van der Waals surface area contributed by atoms with E-state index in [1.54, 1.807) is 0 Å². The Morgan fingerprint density at radius 2 is 2.15 bits per heavy atom. The van der Waals surface area contributed by atoms with E-state index >= 15 is 0 Å². The fourth-order valence-corrected chi connectivity index (χ4v) is 5.13. The molecular weight excluding hydrogens is 314 g/mol. The number of aryl methyl sites for hydroxylation is 2. The third-order valence-electron chi connectivity index (χ3n) is 5.47. The first kappa shape index (κ1) is 14.6. The van der Waals surface area contributed by atoms with E-state index in [2.05, 4.69) is 39.6 Å². The molecule has 4 atom stereocenters. The van der Waals surface area contributed by atoms with Crippen LogP contribution in [0.2, 0.25) is 0 Å². The SMILES string of the molecule is CCc1nn(CC)c(CC(N)C2CC3CCC2C3)c1Br. The zero-order valence-electron chi connectivity index (χ0n) is 12.6. The first-order chi connectivity index (χ1) is 9.63. The summed E-state index contributed by atoms with van der Waals surface area (Å²) in [5.74, 6) is 2.62. The van der Waals surface area contributed by atoms with Crippen LogP contribution in [0.1, 0.15) is 50.9 Å². The Morgan fingerprint density at radius 3 is 2.70 bits per heavy atom. The maximum absolute atomic E-state index is 6.58. The van der Waals surface area contributed by atoms with Crippen molar-refractivity contribution in [1.82, 2.24) is 9.78 Å². The zero-order valence-corrected chi connectivity index (χ0v) is 14.2. The molecule has 0 radical (unpaired) electrons. The van der Waals surface area contributed by atoms with Crippen LogP contribution in [0.25, 0.3) is 0 Å². The standard InChI is InChI=1S/C16H26BrN3/c1-3-14-16(17)15(20(4-2)19-14)9-13(18)12-8-10-5-6-11(12)7-10/h10-13H,3-9,18H2,1-2H3. The minimum Gasteiger partial charge on any atom is -0.327 e. The molecule has 4 heteroatoms. The number of nitrogens with zero attached hydrogens (tertiary/aromatic N) is 2. The minimum atomic E-state index is 0.299. The zero-order chi connectivity index (χ0) is 14.3. The third-order valence-corrected chi connectivity index (χ3v) is 6.38. The van der Waals surface area contributed by atoms with Gasteiger partial charge in [-0.1, -0.05) is 13.3 Å². The van der Waals surface area contributed by atoms with Crippen LogP contribution in [0.3, 0.4) is 0 Å². The lowest BCUT2D eigenvalue weighted by atomic mass is 9.82. The number of aromatic nitrogens is 2. The Morgan fingerprint density at radius 1 is 1.35 bits per heavy atom. The normalized spacial score (nSPS) is 30.1. The summed E-state index contributed by atoms with van der Waals surface area (Å²) in [5, 5.41) is 4.69. The van der Waals surface area contributed by atoms with E-state index in [9.17, 15) is 0 Å². The molecule has 1 aromatic heterocycles. The van der Waals surface area contributed by atoms with Crippen molar-refractivity contribution in [3.8, 4) is 0 Å². The number of rotatable bonds is 5. The first-order valence-corrected chi connectivity index (χ1v) is 8.92. The molecule has 3 rings (SSSR count). The van der Waals surface area contributed by atoms with Crippen LogP contribution < -0.4 is 5.73 Å². The van der Waals surface area contributed by atoms with Crippen molar-refractivity contribution in [1.29, 1.82) is 0 Å². The molecular formula is C16H26BrN3. The number of hydrogen-bond acceptors (Lipinski definition) is 2. The van der Waals surface area contributed by atoms with Gasteiger partial charge in [-0.3, -0.25) is 4.68 Å². The summed E-state index contributed by atoms with van der Waals surface area (Å²) in [6.45, 7) is 5.25. The Hall–Kier alpha value is -0.350. The topological polar surface area (TPSA) is 43.8 Å². The number of halogens is 1. The van der Waals surface area contributed by atoms with Crippen LogP contribution in [-0.4, -0.2) is 15.8 Å². The van der Waals surface area contributed by atoms with Gasteiger partial charge in [-0.15, -0.1) is 0 Å². The predicted octanol–water partition coefficient (Wildman–Crippen LogP) is 3.53. The van der Waals surface area contributed by atoms with Gasteiger partial charge in [0.2, 0.25) is 0 Å². The maximum atomic E-state index is 6.58. The molecule has 2 N–H and O–H groups in total. The van der Waals surface area contributed by atoms with Crippen molar-refractivity contribution >= 4 is 15.9 Å². The van der Waals surface area contributed by atoms with Gasteiger partial charge in [-0.25, -0.2) is 0 Å². The smallest absolute Gasteiger partial charge is 0.0766 e. The molecule has 2 fully saturated rings. The van der Waals surface area contributed by atoms with E-state index in [0.29, 0.717) is 6.04 Å². The molecule has 1 aromatic rings. The summed E-state index contributed by atoms with van der Waals surface area (Å²) in [6.07, 6.45) is 7.61. The van der Waals surface area contributed by atoms with E-state index in [0.717, 1.165) is 37.1 Å².